The van der Waals surface area contributed by atoms with Gasteiger partial charge in [0.15, 0.2) is 0 Å². The van der Waals surface area contributed by atoms with E-state index in [1.165, 1.54) is 45.2 Å². The van der Waals surface area contributed by atoms with Crippen LogP contribution in [0.4, 0.5) is 0 Å². The SMILES string of the molecule is COCCCN(C[C@H]1CCCN2CCCC[C@@H]12)C(=O)c1cc(CC(C)C)[nH]n1. The predicted octanol–water partition coefficient (Wildman–Crippen LogP) is 3.35. The van der Waals surface area contributed by atoms with Crippen LogP contribution < -0.4 is 0 Å². The second kappa shape index (κ2) is 10.4. The minimum atomic E-state index is 0.0651. The topological polar surface area (TPSA) is 61.5 Å². The summed E-state index contributed by atoms with van der Waals surface area (Å²) >= 11 is 0. The maximum Gasteiger partial charge on any atom is 0.274 e. The number of hydrogen-bond acceptors (Lipinski definition) is 4. The first kappa shape index (κ1) is 21.3. The Kier molecular flexibility index (Phi) is 7.91. The smallest absolute Gasteiger partial charge is 0.274 e. The number of nitrogens with one attached hydrogen (secondary N) is 1. The molecular weight excluding hydrogens is 352 g/mol. The first-order chi connectivity index (χ1) is 13.6. The van der Waals surface area contributed by atoms with Crippen LogP contribution in [-0.4, -0.2) is 71.8 Å². The van der Waals surface area contributed by atoms with E-state index >= 15 is 0 Å². The lowest BCUT2D eigenvalue weighted by Gasteiger charge is -2.45. The molecule has 28 heavy (non-hydrogen) atoms. The summed E-state index contributed by atoms with van der Waals surface area (Å²) in [6.45, 7) is 9.09. The molecule has 2 atom stereocenters. The lowest BCUT2D eigenvalue weighted by atomic mass is 9.83. The van der Waals surface area contributed by atoms with Crippen LogP contribution >= 0.6 is 0 Å². The van der Waals surface area contributed by atoms with Crippen LogP contribution in [0.15, 0.2) is 6.07 Å². The number of nitrogens with zero attached hydrogens (tertiary/aromatic N) is 3. The monoisotopic (exact) mass is 390 g/mol. The molecule has 1 amide bonds. The molecule has 0 aromatic carbocycles. The molecule has 0 radical (unpaired) electrons. The average Bonchev–Trinajstić information content (AvgIpc) is 3.14. The zero-order valence-corrected chi connectivity index (χ0v) is 18.0. The lowest BCUT2D eigenvalue weighted by molar-refractivity contribution is 0.0344. The Morgan fingerprint density at radius 1 is 1.32 bits per heavy atom. The highest BCUT2D eigenvalue weighted by Crippen LogP contribution is 2.31. The molecule has 6 heteroatoms. The summed E-state index contributed by atoms with van der Waals surface area (Å²) in [5.74, 6) is 1.19. The zero-order valence-electron chi connectivity index (χ0n) is 18.0. The summed E-state index contributed by atoms with van der Waals surface area (Å²) < 4.78 is 5.23. The van der Waals surface area contributed by atoms with Crippen LogP contribution in [0.5, 0.6) is 0 Å². The highest BCUT2D eigenvalue weighted by Gasteiger charge is 2.35. The summed E-state index contributed by atoms with van der Waals surface area (Å²) in [6.07, 6.45) is 8.21. The van der Waals surface area contributed by atoms with Crippen LogP contribution in [0, 0.1) is 11.8 Å². The first-order valence-corrected chi connectivity index (χ1v) is 11.1. The maximum atomic E-state index is 13.3. The second-order valence-electron chi connectivity index (χ2n) is 8.98. The Bertz CT molecular complexity index is 613. The average molecular weight is 391 g/mol. The fourth-order valence-corrected chi connectivity index (χ4v) is 4.93. The molecule has 0 unspecified atom stereocenters. The molecule has 0 saturated carbocycles. The van der Waals surface area contributed by atoms with Gasteiger partial charge in [0.25, 0.3) is 5.91 Å². The molecule has 2 fully saturated rings. The van der Waals surface area contributed by atoms with E-state index in [-0.39, 0.29) is 5.91 Å². The minimum absolute atomic E-state index is 0.0651. The van der Waals surface area contributed by atoms with Gasteiger partial charge in [-0.25, -0.2) is 0 Å². The van der Waals surface area contributed by atoms with Gasteiger partial charge < -0.3 is 14.5 Å². The molecule has 158 valence electrons. The summed E-state index contributed by atoms with van der Waals surface area (Å²) in [5.41, 5.74) is 1.61. The zero-order chi connectivity index (χ0) is 19.9. The van der Waals surface area contributed by atoms with Crippen molar-refractivity contribution in [2.75, 3.05) is 39.9 Å². The van der Waals surface area contributed by atoms with Gasteiger partial charge in [-0.15, -0.1) is 0 Å². The third-order valence-corrected chi connectivity index (χ3v) is 6.23. The number of hydrogen-bond donors (Lipinski definition) is 1. The van der Waals surface area contributed by atoms with Crippen molar-refractivity contribution in [3.63, 3.8) is 0 Å². The number of amides is 1. The van der Waals surface area contributed by atoms with Crippen molar-refractivity contribution in [1.29, 1.82) is 0 Å². The Morgan fingerprint density at radius 2 is 2.14 bits per heavy atom. The number of aromatic amines is 1. The number of methoxy groups -OCH3 is 1. The third kappa shape index (κ3) is 5.57. The Morgan fingerprint density at radius 3 is 2.93 bits per heavy atom. The minimum Gasteiger partial charge on any atom is -0.385 e. The molecule has 1 N–H and O–H groups in total. The van der Waals surface area contributed by atoms with E-state index in [0.717, 1.165) is 31.6 Å². The van der Waals surface area contributed by atoms with E-state index in [2.05, 4.69) is 28.9 Å². The molecule has 1 aromatic rings. The largest absolute Gasteiger partial charge is 0.385 e. The number of carbonyl (C=O) groups excluding carboxylic acids is 1. The van der Waals surface area contributed by atoms with E-state index in [0.29, 0.717) is 30.2 Å². The molecule has 3 rings (SSSR count). The molecule has 6 nitrogen and oxygen atoms in total. The standard InChI is InChI=1S/C22H38N4O2/c1-17(2)14-19-15-20(24-23-19)22(27)26(12-7-13-28-3)16-18-8-6-11-25-10-5-4-9-21(18)25/h15,17-18,21H,4-14,16H2,1-3H3,(H,23,24)/t18-,21+/m1/s1. The van der Waals surface area contributed by atoms with Gasteiger partial charge in [-0.05, 0) is 69.5 Å². The Balaban J connectivity index is 1.68. The van der Waals surface area contributed by atoms with E-state index in [4.69, 9.17) is 4.74 Å². The molecule has 2 aliphatic rings. The van der Waals surface area contributed by atoms with Crippen molar-refractivity contribution in [2.45, 2.75) is 64.8 Å². The fourth-order valence-electron chi connectivity index (χ4n) is 4.93. The van der Waals surface area contributed by atoms with E-state index in [1.807, 2.05) is 11.0 Å². The highest BCUT2D eigenvalue weighted by atomic mass is 16.5. The number of fused-ring (bicyclic) bond motifs is 1. The van der Waals surface area contributed by atoms with Crippen LogP contribution in [0.2, 0.25) is 0 Å². The highest BCUT2D eigenvalue weighted by molar-refractivity contribution is 5.92. The van der Waals surface area contributed by atoms with Crippen LogP contribution in [-0.2, 0) is 11.2 Å². The summed E-state index contributed by atoms with van der Waals surface area (Å²) in [4.78, 5) is 18.0. The predicted molar refractivity (Wildman–Crippen MR) is 111 cm³/mol. The number of aromatic nitrogens is 2. The van der Waals surface area contributed by atoms with E-state index in [9.17, 15) is 4.79 Å². The van der Waals surface area contributed by atoms with Gasteiger partial charge in [0.1, 0.15) is 5.69 Å². The van der Waals surface area contributed by atoms with E-state index in [1.54, 1.807) is 7.11 Å². The van der Waals surface area contributed by atoms with Crippen LogP contribution in [0.3, 0.4) is 0 Å². The van der Waals surface area contributed by atoms with Crippen LogP contribution in [0.1, 0.15) is 68.6 Å². The maximum absolute atomic E-state index is 13.3. The Hall–Kier alpha value is -1.40. The number of piperidine rings is 2. The second-order valence-corrected chi connectivity index (χ2v) is 8.98. The number of carbonyl (C=O) groups is 1. The molecule has 0 aliphatic carbocycles. The normalized spacial score (nSPS) is 23.0. The van der Waals surface area contributed by atoms with Crippen molar-refractivity contribution >= 4 is 5.91 Å². The molecule has 2 saturated heterocycles. The van der Waals surface area contributed by atoms with Gasteiger partial charge in [0, 0.05) is 38.5 Å². The Labute approximate surface area is 170 Å². The number of ether oxygens (including phenoxy) is 1. The molecule has 3 heterocycles. The summed E-state index contributed by atoms with van der Waals surface area (Å²) in [7, 11) is 1.72. The van der Waals surface area contributed by atoms with Gasteiger partial charge >= 0.3 is 0 Å². The van der Waals surface area contributed by atoms with Crippen LogP contribution in [0.25, 0.3) is 0 Å². The quantitative estimate of drug-likeness (QED) is 0.657. The van der Waals surface area contributed by atoms with E-state index < -0.39 is 0 Å². The van der Waals surface area contributed by atoms with Gasteiger partial charge in [-0.3, -0.25) is 9.89 Å². The van der Waals surface area contributed by atoms with Gasteiger partial charge in [0.2, 0.25) is 0 Å². The number of rotatable bonds is 9. The fraction of sp³-hybridized carbons (Fsp3) is 0.818. The third-order valence-electron chi connectivity index (χ3n) is 6.23. The van der Waals surface area contributed by atoms with Crippen molar-refractivity contribution in [3.8, 4) is 0 Å². The molecule has 1 aromatic heterocycles. The van der Waals surface area contributed by atoms with Gasteiger partial charge in [-0.2, -0.15) is 5.10 Å². The van der Waals surface area contributed by atoms with Crippen molar-refractivity contribution in [2.24, 2.45) is 11.8 Å². The summed E-state index contributed by atoms with van der Waals surface area (Å²) in [6, 6.07) is 2.59. The first-order valence-electron chi connectivity index (χ1n) is 11.1. The van der Waals surface area contributed by atoms with Gasteiger partial charge in [0.05, 0.1) is 0 Å². The molecule has 2 aliphatic heterocycles. The number of H-pyrrole nitrogens is 1. The van der Waals surface area contributed by atoms with Crippen molar-refractivity contribution < 1.29 is 9.53 Å². The van der Waals surface area contributed by atoms with Gasteiger partial charge in [-0.1, -0.05) is 20.3 Å². The molecule has 0 spiro atoms. The lowest BCUT2D eigenvalue weighted by Crippen LogP contribution is -2.51. The van der Waals surface area contributed by atoms with Crippen molar-refractivity contribution in [3.05, 3.63) is 17.5 Å². The van der Waals surface area contributed by atoms with Crippen molar-refractivity contribution in [1.82, 2.24) is 20.0 Å². The molecular formula is C22H38N4O2. The summed E-state index contributed by atoms with van der Waals surface area (Å²) in [5, 5.41) is 7.39. The molecule has 0 bridgehead atoms.